The standard InChI is InChI=1S/C16H18N4O/c1-11-8-13(21-7-6-18-3)4-5-14(11)16-12(2)19-10-20-15(16)9-17/h4-5,8,10,18H,6-7H2,1-3H3. The van der Waals surface area contributed by atoms with Crippen molar-refractivity contribution in [2.24, 2.45) is 0 Å². The fourth-order valence-electron chi connectivity index (χ4n) is 2.16. The van der Waals surface area contributed by atoms with Gasteiger partial charge in [0.25, 0.3) is 0 Å². The van der Waals surface area contributed by atoms with Crippen molar-refractivity contribution in [2.75, 3.05) is 20.2 Å². The number of nitrogens with one attached hydrogen (secondary N) is 1. The van der Waals surface area contributed by atoms with Crippen LogP contribution in [0.1, 0.15) is 17.0 Å². The molecule has 0 bridgehead atoms. The lowest BCUT2D eigenvalue weighted by molar-refractivity contribution is 0.318. The number of ether oxygens (including phenoxy) is 1. The second kappa shape index (κ2) is 6.82. The predicted molar refractivity (Wildman–Crippen MR) is 81.1 cm³/mol. The average molecular weight is 282 g/mol. The zero-order valence-electron chi connectivity index (χ0n) is 12.5. The minimum absolute atomic E-state index is 0.398. The van der Waals surface area contributed by atoms with E-state index in [4.69, 9.17) is 4.74 Å². The van der Waals surface area contributed by atoms with Crippen LogP contribution >= 0.6 is 0 Å². The van der Waals surface area contributed by atoms with Gasteiger partial charge in [0.1, 0.15) is 24.8 Å². The molecule has 2 aromatic rings. The summed E-state index contributed by atoms with van der Waals surface area (Å²) in [4.78, 5) is 8.23. The topological polar surface area (TPSA) is 70.8 Å². The lowest BCUT2D eigenvalue weighted by Gasteiger charge is -2.12. The molecule has 0 spiro atoms. The van der Waals surface area contributed by atoms with Gasteiger partial charge in [0.2, 0.25) is 0 Å². The Morgan fingerprint density at radius 1 is 1.29 bits per heavy atom. The molecule has 0 unspecified atom stereocenters. The molecule has 2 rings (SSSR count). The van der Waals surface area contributed by atoms with E-state index in [1.54, 1.807) is 0 Å². The summed E-state index contributed by atoms with van der Waals surface area (Å²) in [6, 6.07) is 7.96. The first kappa shape index (κ1) is 14.9. The SMILES string of the molecule is CNCCOc1ccc(-c2c(C)ncnc2C#N)c(C)c1. The summed E-state index contributed by atoms with van der Waals surface area (Å²) in [6.07, 6.45) is 1.42. The monoisotopic (exact) mass is 282 g/mol. The number of nitrogens with zero attached hydrogens (tertiary/aromatic N) is 3. The number of rotatable bonds is 5. The van der Waals surface area contributed by atoms with Crippen LogP contribution in [-0.2, 0) is 0 Å². The fourth-order valence-corrected chi connectivity index (χ4v) is 2.16. The molecule has 5 heteroatoms. The number of aromatic nitrogens is 2. The normalized spacial score (nSPS) is 10.2. The molecule has 108 valence electrons. The second-order valence-corrected chi connectivity index (χ2v) is 4.72. The molecule has 1 heterocycles. The van der Waals surface area contributed by atoms with Crippen molar-refractivity contribution in [1.82, 2.24) is 15.3 Å². The van der Waals surface area contributed by atoms with Crippen LogP contribution in [0.3, 0.4) is 0 Å². The summed E-state index contributed by atoms with van der Waals surface area (Å²) in [5.74, 6) is 0.819. The van der Waals surface area contributed by atoms with Crippen molar-refractivity contribution in [3.05, 3.63) is 41.5 Å². The maximum absolute atomic E-state index is 9.22. The Labute approximate surface area is 124 Å². The van der Waals surface area contributed by atoms with Crippen molar-refractivity contribution in [3.63, 3.8) is 0 Å². The zero-order valence-corrected chi connectivity index (χ0v) is 12.5. The molecule has 0 saturated carbocycles. The Kier molecular flexibility index (Phi) is 4.85. The van der Waals surface area contributed by atoms with E-state index >= 15 is 0 Å². The number of nitriles is 1. The van der Waals surface area contributed by atoms with E-state index in [0.29, 0.717) is 12.3 Å². The molecule has 1 aromatic carbocycles. The summed E-state index contributed by atoms with van der Waals surface area (Å²) < 4.78 is 5.65. The van der Waals surface area contributed by atoms with Crippen LogP contribution in [0.25, 0.3) is 11.1 Å². The van der Waals surface area contributed by atoms with E-state index in [9.17, 15) is 5.26 Å². The number of hydrogen-bond acceptors (Lipinski definition) is 5. The molecule has 0 radical (unpaired) electrons. The molecule has 5 nitrogen and oxygen atoms in total. The van der Waals surface area contributed by atoms with Gasteiger partial charge in [0.05, 0.1) is 0 Å². The molecule has 0 amide bonds. The van der Waals surface area contributed by atoms with Gasteiger partial charge in [-0.05, 0) is 44.2 Å². The van der Waals surface area contributed by atoms with Crippen LogP contribution < -0.4 is 10.1 Å². The summed E-state index contributed by atoms with van der Waals surface area (Å²) in [5.41, 5.74) is 3.99. The van der Waals surface area contributed by atoms with Gasteiger partial charge in [0.15, 0.2) is 5.69 Å². The van der Waals surface area contributed by atoms with Gasteiger partial charge in [-0.2, -0.15) is 5.26 Å². The Balaban J connectivity index is 2.36. The van der Waals surface area contributed by atoms with E-state index in [0.717, 1.165) is 34.7 Å². The summed E-state index contributed by atoms with van der Waals surface area (Å²) >= 11 is 0. The molecule has 0 fully saturated rings. The number of likely N-dealkylation sites (N-methyl/N-ethyl adjacent to an activating group) is 1. The highest BCUT2D eigenvalue weighted by atomic mass is 16.5. The molecule has 0 atom stereocenters. The molecule has 0 aliphatic heterocycles. The molecule has 0 saturated heterocycles. The van der Waals surface area contributed by atoms with Gasteiger partial charge in [-0.3, -0.25) is 0 Å². The highest BCUT2D eigenvalue weighted by molar-refractivity contribution is 5.74. The summed E-state index contributed by atoms with van der Waals surface area (Å²) in [6.45, 7) is 5.29. The Bertz CT molecular complexity index is 676. The lowest BCUT2D eigenvalue weighted by Crippen LogP contribution is -2.15. The van der Waals surface area contributed by atoms with Crippen molar-refractivity contribution in [3.8, 4) is 22.9 Å². The molecule has 21 heavy (non-hydrogen) atoms. The lowest BCUT2D eigenvalue weighted by atomic mass is 9.98. The number of aryl methyl sites for hydroxylation is 2. The van der Waals surface area contributed by atoms with Gasteiger partial charge < -0.3 is 10.1 Å². The summed E-state index contributed by atoms with van der Waals surface area (Å²) in [5, 5.41) is 12.3. The highest BCUT2D eigenvalue weighted by Crippen LogP contribution is 2.30. The van der Waals surface area contributed by atoms with Gasteiger partial charge in [-0.15, -0.1) is 0 Å². The number of hydrogen-bond donors (Lipinski definition) is 1. The molecule has 1 aromatic heterocycles. The largest absolute Gasteiger partial charge is 0.492 e. The molecular weight excluding hydrogens is 264 g/mol. The van der Waals surface area contributed by atoms with E-state index in [1.807, 2.05) is 39.1 Å². The van der Waals surface area contributed by atoms with Crippen LogP contribution in [0.15, 0.2) is 24.5 Å². The van der Waals surface area contributed by atoms with Crippen LogP contribution in [0.4, 0.5) is 0 Å². The van der Waals surface area contributed by atoms with Crippen LogP contribution in [0, 0.1) is 25.2 Å². The van der Waals surface area contributed by atoms with Crippen molar-refractivity contribution >= 4 is 0 Å². The zero-order chi connectivity index (χ0) is 15.2. The van der Waals surface area contributed by atoms with Gasteiger partial charge in [-0.25, -0.2) is 9.97 Å². The third-order valence-electron chi connectivity index (χ3n) is 3.23. The van der Waals surface area contributed by atoms with Gasteiger partial charge in [-0.1, -0.05) is 6.07 Å². The molecule has 0 aliphatic carbocycles. The van der Waals surface area contributed by atoms with Crippen LogP contribution in [0.5, 0.6) is 5.75 Å². The Morgan fingerprint density at radius 3 is 2.76 bits per heavy atom. The Hall–Kier alpha value is -2.45. The van der Waals surface area contributed by atoms with Gasteiger partial charge >= 0.3 is 0 Å². The second-order valence-electron chi connectivity index (χ2n) is 4.72. The Morgan fingerprint density at radius 2 is 2.10 bits per heavy atom. The quantitative estimate of drug-likeness (QED) is 0.851. The van der Waals surface area contributed by atoms with E-state index < -0.39 is 0 Å². The average Bonchev–Trinajstić information content (AvgIpc) is 2.48. The van der Waals surface area contributed by atoms with E-state index in [1.165, 1.54) is 6.33 Å². The number of benzene rings is 1. The summed E-state index contributed by atoms with van der Waals surface area (Å²) in [7, 11) is 1.89. The van der Waals surface area contributed by atoms with Crippen LogP contribution in [0.2, 0.25) is 0 Å². The fraction of sp³-hybridized carbons (Fsp3) is 0.312. The molecule has 1 N–H and O–H groups in total. The smallest absolute Gasteiger partial charge is 0.151 e. The highest BCUT2D eigenvalue weighted by Gasteiger charge is 2.13. The third-order valence-corrected chi connectivity index (χ3v) is 3.23. The maximum atomic E-state index is 9.22. The molecule has 0 aliphatic rings. The first-order valence-corrected chi connectivity index (χ1v) is 6.77. The van der Waals surface area contributed by atoms with Gasteiger partial charge in [0, 0.05) is 17.8 Å². The van der Waals surface area contributed by atoms with Crippen molar-refractivity contribution in [1.29, 1.82) is 5.26 Å². The van der Waals surface area contributed by atoms with Crippen LogP contribution in [-0.4, -0.2) is 30.2 Å². The minimum Gasteiger partial charge on any atom is -0.492 e. The third kappa shape index (κ3) is 3.36. The van der Waals surface area contributed by atoms with E-state index in [2.05, 4.69) is 21.4 Å². The molecular formula is C16H18N4O. The predicted octanol–water partition coefficient (Wildman–Crippen LogP) is 2.23. The minimum atomic E-state index is 0.398. The van der Waals surface area contributed by atoms with E-state index in [-0.39, 0.29) is 0 Å². The first-order chi connectivity index (χ1) is 10.2. The van der Waals surface area contributed by atoms with Crippen molar-refractivity contribution in [2.45, 2.75) is 13.8 Å². The maximum Gasteiger partial charge on any atom is 0.151 e. The first-order valence-electron chi connectivity index (χ1n) is 6.77. The van der Waals surface area contributed by atoms with Crippen molar-refractivity contribution < 1.29 is 4.74 Å².